The molecular formula is C32H38N4O8S. The Hall–Kier alpha value is -4.78. The summed E-state index contributed by atoms with van der Waals surface area (Å²) >= 11 is 0. The van der Waals surface area contributed by atoms with Crippen LogP contribution in [0.4, 0.5) is 16.2 Å². The van der Waals surface area contributed by atoms with Gasteiger partial charge in [-0.3, -0.25) is 14.5 Å². The molecule has 4 rings (SSSR count). The quantitative estimate of drug-likeness (QED) is 0.271. The molecular weight excluding hydrogens is 600 g/mol. The van der Waals surface area contributed by atoms with Crippen molar-refractivity contribution in [3.05, 3.63) is 77.4 Å². The van der Waals surface area contributed by atoms with E-state index in [9.17, 15) is 27.9 Å². The molecule has 0 aliphatic carbocycles. The molecule has 1 aliphatic heterocycles. The van der Waals surface area contributed by atoms with Crippen LogP contribution in [-0.4, -0.2) is 69.4 Å². The Labute approximate surface area is 262 Å². The lowest BCUT2D eigenvalue weighted by molar-refractivity contribution is -0.133. The normalized spacial score (nSPS) is 15.4. The molecule has 13 heteroatoms. The highest BCUT2D eigenvalue weighted by Gasteiger charge is 2.38. The Morgan fingerprint density at radius 3 is 2.36 bits per heavy atom. The molecule has 240 valence electrons. The summed E-state index contributed by atoms with van der Waals surface area (Å²) in [5.41, 5.74) is 7.36. The zero-order valence-electron chi connectivity index (χ0n) is 25.8. The minimum Gasteiger partial charge on any atom is -0.493 e. The van der Waals surface area contributed by atoms with E-state index < -0.39 is 39.2 Å². The van der Waals surface area contributed by atoms with Crippen molar-refractivity contribution in [2.75, 3.05) is 38.0 Å². The number of methoxy groups -OCH3 is 2. The second-order valence-electron chi connectivity index (χ2n) is 11.0. The molecule has 1 saturated heterocycles. The number of carboxylic acid groups (broad SMARTS) is 1. The SMILES string of the molecule is COc1ccc([C@@H](Nc2cccc(C(N)=O)c2)C(=O)N2CCC[C@@H]2c2cc(N(C)C(=O)O)ccc2S(=O)(=O)C(C)C)cc1OC. The van der Waals surface area contributed by atoms with Gasteiger partial charge in [-0.25, -0.2) is 13.2 Å². The second kappa shape index (κ2) is 13.5. The summed E-state index contributed by atoms with van der Waals surface area (Å²) < 4.78 is 37.9. The Morgan fingerprint density at radius 2 is 1.73 bits per heavy atom. The number of likely N-dealkylation sites (tertiary alicyclic amines) is 1. The van der Waals surface area contributed by atoms with Gasteiger partial charge in [-0.2, -0.15) is 0 Å². The summed E-state index contributed by atoms with van der Waals surface area (Å²) in [6.07, 6.45) is -0.162. The number of rotatable bonds is 11. The van der Waals surface area contributed by atoms with E-state index in [1.165, 1.54) is 39.5 Å². The number of hydrogen-bond acceptors (Lipinski definition) is 8. The van der Waals surface area contributed by atoms with Crippen molar-refractivity contribution < 1.29 is 37.4 Å². The van der Waals surface area contributed by atoms with Crippen molar-refractivity contribution in [1.29, 1.82) is 0 Å². The van der Waals surface area contributed by atoms with Crippen LogP contribution in [-0.2, 0) is 14.6 Å². The lowest BCUT2D eigenvalue weighted by Gasteiger charge is -2.32. The number of sulfone groups is 1. The minimum absolute atomic E-state index is 0.0505. The van der Waals surface area contributed by atoms with Crippen LogP contribution in [0.3, 0.4) is 0 Å². The highest BCUT2D eigenvalue weighted by atomic mass is 32.2. The highest BCUT2D eigenvalue weighted by molar-refractivity contribution is 7.92. The maximum Gasteiger partial charge on any atom is 0.411 e. The van der Waals surface area contributed by atoms with Crippen molar-refractivity contribution in [1.82, 2.24) is 4.90 Å². The largest absolute Gasteiger partial charge is 0.493 e. The zero-order valence-corrected chi connectivity index (χ0v) is 26.6. The number of anilines is 2. The predicted octanol–water partition coefficient (Wildman–Crippen LogP) is 4.62. The molecule has 0 radical (unpaired) electrons. The Kier molecular flexibility index (Phi) is 9.91. The van der Waals surface area contributed by atoms with E-state index in [-0.39, 0.29) is 22.1 Å². The molecule has 0 bridgehead atoms. The van der Waals surface area contributed by atoms with Gasteiger partial charge in [0.1, 0.15) is 6.04 Å². The maximum absolute atomic E-state index is 14.6. The maximum atomic E-state index is 14.6. The molecule has 0 spiro atoms. The number of carbonyl (C=O) groups is 3. The van der Waals surface area contributed by atoms with Crippen LogP contribution in [0.1, 0.15) is 60.3 Å². The van der Waals surface area contributed by atoms with E-state index in [1.807, 2.05) is 0 Å². The number of amides is 3. The summed E-state index contributed by atoms with van der Waals surface area (Å²) in [6.45, 7) is 3.48. The first kappa shape index (κ1) is 33.1. The van der Waals surface area contributed by atoms with Crippen LogP contribution in [0.25, 0.3) is 0 Å². The average Bonchev–Trinajstić information content (AvgIpc) is 3.52. The molecule has 3 aromatic carbocycles. The molecule has 1 aliphatic rings. The van der Waals surface area contributed by atoms with Crippen molar-refractivity contribution in [3.8, 4) is 11.5 Å². The van der Waals surface area contributed by atoms with E-state index >= 15 is 0 Å². The van der Waals surface area contributed by atoms with Crippen LogP contribution in [0.15, 0.2) is 65.6 Å². The van der Waals surface area contributed by atoms with Gasteiger partial charge in [0.05, 0.1) is 30.4 Å². The topological polar surface area (TPSA) is 169 Å². The fourth-order valence-corrected chi connectivity index (χ4v) is 6.69. The third-order valence-corrected chi connectivity index (χ3v) is 10.2. The summed E-state index contributed by atoms with van der Waals surface area (Å²) in [6, 6.07) is 14.3. The average molecular weight is 639 g/mol. The second-order valence-corrected chi connectivity index (χ2v) is 13.5. The summed E-state index contributed by atoms with van der Waals surface area (Å²) in [5.74, 6) is -0.130. The van der Waals surface area contributed by atoms with Gasteiger partial charge < -0.3 is 30.5 Å². The fourth-order valence-electron chi connectivity index (χ4n) is 5.40. The lowest BCUT2D eigenvalue weighted by Crippen LogP contribution is -2.38. The van der Waals surface area contributed by atoms with Gasteiger partial charge in [0.2, 0.25) is 11.8 Å². The molecule has 45 heavy (non-hydrogen) atoms. The molecule has 1 heterocycles. The van der Waals surface area contributed by atoms with E-state index in [4.69, 9.17) is 15.2 Å². The van der Waals surface area contributed by atoms with Gasteiger partial charge in [0.25, 0.3) is 0 Å². The number of hydrogen-bond donors (Lipinski definition) is 3. The molecule has 3 aromatic rings. The van der Waals surface area contributed by atoms with Crippen molar-refractivity contribution >= 4 is 39.1 Å². The Morgan fingerprint density at radius 1 is 1.02 bits per heavy atom. The van der Waals surface area contributed by atoms with E-state index in [0.29, 0.717) is 47.7 Å². The number of ether oxygens (including phenoxy) is 2. The number of primary amides is 1. The van der Waals surface area contributed by atoms with Crippen LogP contribution in [0.2, 0.25) is 0 Å². The number of carbonyl (C=O) groups excluding carboxylic acids is 2. The predicted molar refractivity (Wildman–Crippen MR) is 170 cm³/mol. The lowest BCUT2D eigenvalue weighted by atomic mass is 10.00. The van der Waals surface area contributed by atoms with Crippen LogP contribution >= 0.6 is 0 Å². The zero-order chi connectivity index (χ0) is 33.1. The van der Waals surface area contributed by atoms with Gasteiger partial charge >= 0.3 is 6.09 Å². The third kappa shape index (κ3) is 6.83. The van der Waals surface area contributed by atoms with E-state index in [1.54, 1.807) is 61.2 Å². The first-order valence-corrected chi connectivity index (χ1v) is 15.9. The molecule has 2 atom stereocenters. The molecule has 4 N–H and O–H groups in total. The van der Waals surface area contributed by atoms with Crippen molar-refractivity contribution in [3.63, 3.8) is 0 Å². The molecule has 0 unspecified atom stereocenters. The molecule has 0 aromatic heterocycles. The first-order chi connectivity index (χ1) is 21.3. The smallest absolute Gasteiger partial charge is 0.411 e. The van der Waals surface area contributed by atoms with Gasteiger partial charge in [-0.1, -0.05) is 12.1 Å². The third-order valence-electron chi connectivity index (χ3n) is 7.94. The van der Waals surface area contributed by atoms with Gasteiger partial charge in [-0.05, 0) is 86.3 Å². The molecule has 1 fully saturated rings. The van der Waals surface area contributed by atoms with Crippen LogP contribution < -0.4 is 25.4 Å². The van der Waals surface area contributed by atoms with Crippen molar-refractivity contribution in [2.45, 2.75) is 48.9 Å². The first-order valence-electron chi connectivity index (χ1n) is 14.3. The molecule has 0 saturated carbocycles. The summed E-state index contributed by atoms with van der Waals surface area (Å²) in [4.78, 5) is 40.9. The van der Waals surface area contributed by atoms with Crippen molar-refractivity contribution in [2.24, 2.45) is 5.73 Å². The van der Waals surface area contributed by atoms with Gasteiger partial charge in [0.15, 0.2) is 21.3 Å². The Bertz CT molecular complexity index is 1710. The fraction of sp³-hybridized carbons (Fsp3) is 0.344. The molecule has 12 nitrogen and oxygen atoms in total. The molecule has 3 amide bonds. The number of nitrogens with zero attached hydrogens (tertiary/aromatic N) is 2. The number of nitrogens with two attached hydrogens (primary N) is 1. The Balaban J connectivity index is 1.85. The van der Waals surface area contributed by atoms with Gasteiger partial charge in [-0.15, -0.1) is 0 Å². The van der Waals surface area contributed by atoms with Crippen LogP contribution in [0.5, 0.6) is 11.5 Å². The van der Waals surface area contributed by atoms with E-state index in [0.717, 1.165) is 4.90 Å². The standard InChI is InChI=1S/C32H38N4O8S/c1-19(2)45(41,42)28-14-12-23(35(3)32(39)40)18-24(28)25-10-7-15-36(25)31(38)29(20-11-13-26(43-4)27(17-20)44-5)34-22-9-6-8-21(16-22)30(33)37/h6,8-9,11-14,16-19,25,29,34H,7,10,15H2,1-5H3,(H2,33,37)(H,39,40)/t25-,29-/m1/s1. The summed E-state index contributed by atoms with van der Waals surface area (Å²) in [5, 5.41) is 12.1. The van der Waals surface area contributed by atoms with Crippen LogP contribution in [0, 0.1) is 0 Å². The monoisotopic (exact) mass is 638 g/mol. The summed E-state index contributed by atoms with van der Waals surface area (Å²) in [7, 11) is 0.551. The number of nitrogens with one attached hydrogen (secondary N) is 1. The number of benzene rings is 3. The highest BCUT2D eigenvalue weighted by Crippen LogP contribution is 2.41. The minimum atomic E-state index is -3.80. The van der Waals surface area contributed by atoms with Gasteiger partial charge in [0, 0.05) is 30.5 Å². The van der Waals surface area contributed by atoms with E-state index in [2.05, 4.69) is 5.32 Å².